The van der Waals surface area contributed by atoms with Crippen LogP contribution in [0.3, 0.4) is 0 Å². The number of thiazole rings is 1. The molecule has 3 aromatic rings. The second-order valence-electron chi connectivity index (χ2n) is 3.54. The maximum absolute atomic E-state index is 6.00. The normalized spacial score (nSPS) is 10.9. The lowest BCUT2D eigenvalue weighted by Crippen LogP contribution is -1.95. The highest BCUT2D eigenvalue weighted by atomic mass is 35.5. The summed E-state index contributed by atoms with van der Waals surface area (Å²) in [4.78, 5) is 5.41. The SMILES string of the molecule is Clc1ccccc1OCc1cn2ccsc2n1. The number of para-hydroxylation sites is 1. The van der Waals surface area contributed by atoms with Crippen LogP contribution >= 0.6 is 22.9 Å². The lowest BCUT2D eigenvalue weighted by molar-refractivity contribution is 0.302. The third-order valence-corrected chi connectivity index (χ3v) is 3.44. The zero-order valence-electron chi connectivity index (χ0n) is 8.84. The van der Waals surface area contributed by atoms with Crippen LogP contribution in [-0.4, -0.2) is 9.38 Å². The number of rotatable bonds is 3. The van der Waals surface area contributed by atoms with E-state index in [1.54, 1.807) is 11.3 Å². The lowest BCUT2D eigenvalue weighted by Gasteiger charge is -2.05. The summed E-state index contributed by atoms with van der Waals surface area (Å²) in [5.74, 6) is 0.686. The van der Waals surface area contributed by atoms with Crippen LogP contribution in [0, 0.1) is 0 Å². The van der Waals surface area contributed by atoms with Gasteiger partial charge in [0.2, 0.25) is 0 Å². The van der Waals surface area contributed by atoms with Gasteiger partial charge >= 0.3 is 0 Å². The van der Waals surface area contributed by atoms with Gasteiger partial charge in [0, 0.05) is 17.8 Å². The minimum Gasteiger partial charge on any atom is -0.486 e. The van der Waals surface area contributed by atoms with Crippen LogP contribution in [0.4, 0.5) is 0 Å². The molecule has 2 heterocycles. The minimum atomic E-state index is 0.429. The molecule has 0 saturated heterocycles. The van der Waals surface area contributed by atoms with Crippen LogP contribution in [0.25, 0.3) is 4.96 Å². The minimum absolute atomic E-state index is 0.429. The summed E-state index contributed by atoms with van der Waals surface area (Å²) >= 11 is 7.60. The van der Waals surface area contributed by atoms with E-state index >= 15 is 0 Å². The number of benzene rings is 1. The molecule has 0 N–H and O–H groups in total. The summed E-state index contributed by atoms with van der Waals surface area (Å²) in [6, 6.07) is 7.43. The van der Waals surface area contributed by atoms with Crippen molar-refractivity contribution in [1.29, 1.82) is 0 Å². The van der Waals surface area contributed by atoms with Crippen molar-refractivity contribution in [3.8, 4) is 5.75 Å². The van der Waals surface area contributed by atoms with Gasteiger partial charge in [-0.15, -0.1) is 11.3 Å². The van der Waals surface area contributed by atoms with Crippen LogP contribution in [0.2, 0.25) is 5.02 Å². The van der Waals surface area contributed by atoms with Crippen LogP contribution in [0.1, 0.15) is 5.69 Å². The largest absolute Gasteiger partial charge is 0.486 e. The van der Waals surface area contributed by atoms with Gasteiger partial charge in [-0.25, -0.2) is 4.98 Å². The zero-order chi connectivity index (χ0) is 11.7. The maximum Gasteiger partial charge on any atom is 0.193 e. The fourth-order valence-corrected chi connectivity index (χ4v) is 2.47. The molecule has 86 valence electrons. The smallest absolute Gasteiger partial charge is 0.193 e. The summed E-state index contributed by atoms with van der Waals surface area (Å²) in [6.45, 7) is 0.429. The second kappa shape index (κ2) is 4.39. The Morgan fingerprint density at radius 2 is 2.24 bits per heavy atom. The number of fused-ring (bicyclic) bond motifs is 1. The molecule has 0 aliphatic carbocycles. The number of hydrogen-bond donors (Lipinski definition) is 0. The first-order valence-corrected chi connectivity index (χ1v) is 6.37. The van der Waals surface area contributed by atoms with Crippen LogP contribution in [0.15, 0.2) is 42.0 Å². The molecule has 0 unspecified atom stereocenters. The highest BCUT2D eigenvalue weighted by Gasteiger charge is 2.04. The molecular weight excluding hydrogens is 256 g/mol. The Labute approximate surface area is 107 Å². The van der Waals surface area contributed by atoms with Crippen LogP contribution in [-0.2, 0) is 6.61 Å². The number of aromatic nitrogens is 2. The Hall–Kier alpha value is -1.52. The summed E-state index contributed by atoms with van der Waals surface area (Å²) < 4.78 is 7.60. The molecule has 0 amide bonds. The van der Waals surface area contributed by atoms with Gasteiger partial charge in [-0.3, -0.25) is 4.40 Å². The van der Waals surface area contributed by atoms with Gasteiger partial charge in [0.05, 0.1) is 10.7 Å². The van der Waals surface area contributed by atoms with E-state index in [9.17, 15) is 0 Å². The van der Waals surface area contributed by atoms with E-state index in [0.29, 0.717) is 17.4 Å². The second-order valence-corrected chi connectivity index (χ2v) is 4.82. The fraction of sp³-hybridized carbons (Fsp3) is 0.0833. The summed E-state index contributed by atoms with van der Waals surface area (Å²) in [5.41, 5.74) is 0.900. The average Bonchev–Trinajstić information content (AvgIpc) is 2.88. The Morgan fingerprint density at radius 1 is 1.35 bits per heavy atom. The van der Waals surface area contributed by atoms with Crippen LogP contribution in [0.5, 0.6) is 5.75 Å². The van der Waals surface area contributed by atoms with Crippen molar-refractivity contribution < 1.29 is 4.74 Å². The molecule has 3 nitrogen and oxygen atoms in total. The number of hydrogen-bond acceptors (Lipinski definition) is 3. The Morgan fingerprint density at radius 3 is 3.06 bits per heavy atom. The highest BCUT2D eigenvalue weighted by molar-refractivity contribution is 7.15. The molecule has 1 aromatic carbocycles. The molecule has 0 bridgehead atoms. The van der Waals surface area contributed by atoms with Gasteiger partial charge in [-0.1, -0.05) is 23.7 Å². The average molecular weight is 265 g/mol. The topological polar surface area (TPSA) is 26.5 Å². The van der Waals surface area contributed by atoms with Crippen molar-refractivity contribution in [2.75, 3.05) is 0 Å². The molecular formula is C12H9ClN2OS. The van der Waals surface area contributed by atoms with E-state index in [1.807, 2.05) is 46.4 Å². The molecule has 5 heteroatoms. The van der Waals surface area contributed by atoms with Gasteiger partial charge in [-0.2, -0.15) is 0 Å². The van der Waals surface area contributed by atoms with Gasteiger partial charge in [0.25, 0.3) is 0 Å². The summed E-state index contributed by atoms with van der Waals surface area (Å²) in [6.07, 6.45) is 3.94. The molecule has 0 atom stereocenters. The molecule has 17 heavy (non-hydrogen) atoms. The number of halogens is 1. The quantitative estimate of drug-likeness (QED) is 0.722. The van der Waals surface area contributed by atoms with E-state index in [-0.39, 0.29) is 0 Å². The molecule has 0 saturated carbocycles. The molecule has 2 aromatic heterocycles. The number of ether oxygens (including phenoxy) is 1. The summed E-state index contributed by atoms with van der Waals surface area (Å²) in [5, 5.41) is 2.62. The first kappa shape index (κ1) is 10.6. The van der Waals surface area contributed by atoms with Crippen LogP contribution < -0.4 is 4.74 Å². The number of nitrogens with zero attached hydrogens (tertiary/aromatic N) is 2. The molecule has 0 radical (unpaired) electrons. The van der Waals surface area contributed by atoms with E-state index in [4.69, 9.17) is 16.3 Å². The Balaban J connectivity index is 1.76. The number of imidazole rings is 1. The summed E-state index contributed by atoms with van der Waals surface area (Å²) in [7, 11) is 0. The predicted molar refractivity (Wildman–Crippen MR) is 68.9 cm³/mol. The molecule has 0 aliphatic rings. The first-order valence-electron chi connectivity index (χ1n) is 5.11. The molecule has 0 aliphatic heterocycles. The highest BCUT2D eigenvalue weighted by Crippen LogP contribution is 2.24. The van der Waals surface area contributed by atoms with E-state index in [0.717, 1.165) is 10.7 Å². The molecule has 0 fully saturated rings. The van der Waals surface area contributed by atoms with Gasteiger partial charge in [0.1, 0.15) is 12.4 Å². The van der Waals surface area contributed by atoms with Crippen molar-refractivity contribution in [1.82, 2.24) is 9.38 Å². The van der Waals surface area contributed by atoms with Gasteiger partial charge in [0.15, 0.2) is 4.96 Å². The van der Waals surface area contributed by atoms with E-state index in [1.165, 1.54) is 0 Å². The standard InChI is InChI=1S/C12H9ClN2OS/c13-10-3-1-2-4-11(10)16-8-9-7-15-5-6-17-12(15)14-9/h1-7H,8H2. The third-order valence-electron chi connectivity index (χ3n) is 2.36. The van der Waals surface area contributed by atoms with Crippen molar-refractivity contribution >= 4 is 27.9 Å². The maximum atomic E-state index is 6.00. The Bertz CT molecular complexity index is 618. The van der Waals surface area contributed by atoms with Crippen molar-refractivity contribution in [3.05, 3.63) is 52.8 Å². The van der Waals surface area contributed by atoms with E-state index in [2.05, 4.69) is 4.98 Å². The fourth-order valence-electron chi connectivity index (χ4n) is 1.56. The van der Waals surface area contributed by atoms with Gasteiger partial charge in [-0.05, 0) is 12.1 Å². The van der Waals surface area contributed by atoms with Crippen molar-refractivity contribution in [3.63, 3.8) is 0 Å². The van der Waals surface area contributed by atoms with Crippen molar-refractivity contribution in [2.24, 2.45) is 0 Å². The Kier molecular flexibility index (Phi) is 2.74. The zero-order valence-corrected chi connectivity index (χ0v) is 10.4. The lowest BCUT2D eigenvalue weighted by atomic mass is 10.3. The monoisotopic (exact) mass is 264 g/mol. The molecule has 0 spiro atoms. The third kappa shape index (κ3) is 2.14. The van der Waals surface area contributed by atoms with Gasteiger partial charge < -0.3 is 4.74 Å². The first-order chi connectivity index (χ1) is 8.33. The predicted octanol–water partition coefficient (Wildman–Crippen LogP) is 3.63. The van der Waals surface area contributed by atoms with Crippen molar-refractivity contribution in [2.45, 2.75) is 6.61 Å². The van der Waals surface area contributed by atoms with E-state index < -0.39 is 0 Å². The molecule has 3 rings (SSSR count).